The number of sulfonamides is 1. The van der Waals surface area contributed by atoms with Crippen molar-refractivity contribution in [3.8, 4) is 17.6 Å². The highest BCUT2D eigenvalue weighted by atomic mass is 32.2. The number of nitrogens with zero attached hydrogens (tertiary/aromatic N) is 2. The zero-order valence-corrected chi connectivity index (χ0v) is 18.3. The first-order valence-corrected chi connectivity index (χ1v) is 11.3. The number of nitriles is 1. The Morgan fingerprint density at radius 2 is 1.88 bits per heavy atom. The Hall–Kier alpha value is -3.72. The van der Waals surface area contributed by atoms with E-state index in [0.29, 0.717) is 18.8 Å². The summed E-state index contributed by atoms with van der Waals surface area (Å²) >= 11 is 0. The number of hydrogen-bond donors (Lipinski definition) is 1. The lowest BCUT2D eigenvalue weighted by Crippen LogP contribution is -2.40. The van der Waals surface area contributed by atoms with E-state index in [-0.39, 0.29) is 46.0 Å². The Kier molecular flexibility index (Phi) is 6.15. The smallest absolute Gasteiger partial charge is 0.344 e. The monoisotopic (exact) mass is 469 g/mol. The zero-order chi connectivity index (χ0) is 23.6. The Labute approximate surface area is 189 Å². The van der Waals surface area contributed by atoms with Gasteiger partial charge in [-0.25, -0.2) is 13.2 Å². The third-order valence-corrected chi connectivity index (χ3v) is 7.03. The molecule has 0 bridgehead atoms. The van der Waals surface area contributed by atoms with Crippen molar-refractivity contribution in [2.75, 3.05) is 33.4 Å². The highest BCUT2D eigenvalue weighted by Gasteiger charge is 2.27. The number of aromatic amines is 1. The normalized spacial score (nSPS) is 14.5. The first kappa shape index (κ1) is 22.5. The quantitative estimate of drug-likeness (QED) is 0.440. The molecule has 1 saturated heterocycles. The Morgan fingerprint density at radius 3 is 2.58 bits per heavy atom. The van der Waals surface area contributed by atoms with Crippen LogP contribution in [0, 0.1) is 11.3 Å². The fraction of sp³-hybridized carbons (Fsp3) is 0.227. The predicted molar refractivity (Wildman–Crippen MR) is 117 cm³/mol. The minimum atomic E-state index is -3.82. The standard InChI is InChI=1S/C22H19N3O7S/c1-30-20-10-14(13-23)2-5-19(20)32-22(27)17-12-21(26)24-18-4-3-15(11-16(17)18)33(28,29)25-6-8-31-9-7-25/h2-5,10-12H,6-9H2,1H3,(H,24,26). The van der Waals surface area contributed by atoms with Crippen molar-refractivity contribution in [1.82, 2.24) is 9.29 Å². The van der Waals surface area contributed by atoms with E-state index >= 15 is 0 Å². The Morgan fingerprint density at radius 1 is 1.12 bits per heavy atom. The van der Waals surface area contributed by atoms with E-state index in [2.05, 4.69) is 4.98 Å². The van der Waals surface area contributed by atoms with E-state index in [1.165, 1.54) is 47.8 Å². The molecule has 10 nitrogen and oxygen atoms in total. The lowest BCUT2D eigenvalue weighted by Gasteiger charge is -2.26. The van der Waals surface area contributed by atoms with E-state index in [9.17, 15) is 18.0 Å². The molecule has 1 aliphatic rings. The summed E-state index contributed by atoms with van der Waals surface area (Å²) in [6.07, 6.45) is 0. The van der Waals surface area contributed by atoms with Crippen molar-refractivity contribution in [3.05, 3.63) is 63.9 Å². The number of carbonyl (C=O) groups is 1. The second kappa shape index (κ2) is 9.03. The molecule has 33 heavy (non-hydrogen) atoms. The molecule has 2 aromatic carbocycles. The fourth-order valence-corrected chi connectivity index (χ4v) is 4.91. The molecule has 170 valence electrons. The van der Waals surface area contributed by atoms with Crippen LogP contribution in [0.1, 0.15) is 15.9 Å². The average molecular weight is 469 g/mol. The number of methoxy groups -OCH3 is 1. The van der Waals surface area contributed by atoms with Crippen LogP contribution in [0.25, 0.3) is 10.9 Å². The van der Waals surface area contributed by atoms with Gasteiger partial charge in [0.2, 0.25) is 15.6 Å². The summed E-state index contributed by atoms with van der Waals surface area (Å²) in [5.74, 6) is -0.672. The summed E-state index contributed by atoms with van der Waals surface area (Å²) in [5, 5.41) is 9.24. The Balaban J connectivity index is 1.76. The van der Waals surface area contributed by atoms with Gasteiger partial charge in [-0.1, -0.05) is 0 Å². The van der Waals surface area contributed by atoms with Gasteiger partial charge in [0.05, 0.1) is 42.4 Å². The number of hydrogen-bond acceptors (Lipinski definition) is 8. The summed E-state index contributed by atoms with van der Waals surface area (Å²) in [7, 11) is -2.46. The molecule has 1 aliphatic heterocycles. The van der Waals surface area contributed by atoms with Crippen LogP contribution in [-0.4, -0.2) is 57.1 Å². The van der Waals surface area contributed by atoms with E-state index in [1.807, 2.05) is 6.07 Å². The minimum absolute atomic E-state index is 0.0195. The van der Waals surface area contributed by atoms with Crippen LogP contribution in [0.15, 0.2) is 52.2 Å². The lowest BCUT2D eigenvalue weighted by molar-refractivity contribution is 0.0730. The molecule has 4 rings (SSSR count). The van der Waals surface area contributed by atoms with Gasteiger partial charge >= 0.3 is 5.97 Å². The summed E-state index contributed by atoms with van der Waals surface area (Å²) in [6, 6.07) is 11.4. The molecule has 1 aromatic heterocycles. The van der Waals surface area contributed by atoms with Gasteiger partial charge in [-0.05, 0) is 30.3 Å². The number of aromatic nitrogens is 1. The topological polar surface area (TPSA) is 139 Å². The first-order chi connectivity index (χ1) is 15.8. The van der Waals surface area contributed by atoms with Crippen molar-refractivity contribution in [1.29, 1.82) is 5.26 Å². The predicted octanol–water partition coefficient (Wildman–Crippen LogP) is 1.65. The summed E-state index contributed by atoms with van der Waals surface area (Å²) in [6.45, 7) is 1.03. The largest absolute Gasteiger partial charge is 0.493 e. The van der Waals surface area contributed by atoms with Crippen LogP contribution in [0.4, 0.5) is 0 Å². The maximum atomic E-state index is 13.1. The second-order valence-corrected chi connectivity index (χ2v) is 9.08. The molecule has 0 aliphatic carbocycles. The number of pyridine rings is 1. The molecule has 1 fully saturated rings. The molecule has 3 aromatic rings. The first-order valence-electron chi connectivity index (χ1n) is 9.89. The van der Waals surface area contributed by atoms with Gasteiger partial charge in [0, 0.05) is 36.1 Å². The number of H-pyrrole nitrogens is 1. The summed E-state index contributed by atoms with van der Waals surface area (Å²) < 4.78 is 43.2. The molecule has 11 heteroatoms. The zero-order valence-electron chi connectivity index (χ0n) is 17.5. The van der Waals surface area contributed by atoms with Crippen LogP contribution >= 0.6 is 0 Å². The highest BCUT2D eigenvalue weighted by Crippen LogP contribution is 2.30. The van der Waals surface area contributed by atoms with E-state index in [4.69, 9.17) is 19.5 Å². The maximum Gasteiger partial charge on any atom is 0.344 e. The van der Waals surface area contributed by atoms with Crippen LogP contribution < -0.4 is 15.0 Å². The van der Waals surface area contributed by atoms with Gasteiger partial charge in [0.1, 0.15) is 0 Å². The van der Waals surface area contributed by atoms with Crippen molar-refractivity contribution < 1.29 is 27.4 Å². The molecule has 0 saturated carbocycles. The Bertz CT molecular complexity index is 1430. The second-order valence-electron chi connectivity index (χ2n) is 7.14. The van der Waals surface area contributed by atoms with Crippen molar-refractivity contribution in [2.24, 2.45) is 0 Å². The average Bonchev–Trinajstić information content (AvgIpc) is 2.83. The van der Waals surface area contributed by atoms with E-state index < -0.39 is 21.6 Å². The third-order valence-electron chi connectivity index (χ3n) is 5.14. The molecular weight excluding hydrogens is 450 g/mol. The van der Waals surface area contributed by atoms with Gasteiger partial charge in [0.15, 0.2) is 11.5 Å². The maximum absolute atomic E-state index is 13.1. The molecule has 0 radical (unpaired) electrons. The van der Waals surface area contributed by atoms with Crippen molar-refractivity contribution in [3.63, 3.8) is 0 Å². The van der Waals surface area contributed by atoms with E-state index in [0.717, 1.165) is 6.07 Å². The van der Waals surface area contributed by atoms with Crippen LogP contribution in [-0.2, 0) is 14.8 Å². The minimum Gasteiger partial charge on any atom is -0.493 e. The number of benzene rings is 2. The number of nitrogens with one attached hydrogen (secondary N) is 1. The lowest BCUT2D eigenvalue weighted by atomic mass is 10.1. The van der Waals surface area contributed by atoms with Crippen LogP contribution in [0.3, 0.4) is 0 Å². The van der Waals surface area contributed by atoms with Crippen molar-refractivity contribution >= 4 is 26.9 Å². The number of carbonyl (C=O) groups excluding carboxylic acids is 1. The van der Waals surface area contributed by atoms with Crippen LogP contribution in [0.5, 0.6) is 11.5 Å². The molecule has 0 atom stereocenters. The van der Waals surface area contributed by atoms with Gasteiger partial charge in [-0.2, -0.15) is 9.57 Å². The van der Waals surface area contributed by atoms with Crippen LogP contribution in [0.2, 0.25) is 0 Å². The van der Waals surface area contributed by atoms with Gasteiger partial charge < -0.3 is 19.2 Å². The molecule has 2 heterocycles. The number of esters is 1. The van der Waals surface area contributed by atoms with Gasteiger partial charge in [0.25, 0.3) is 0 Å². The van der Waals surface area contributed by atoms with Gasteiger partial charge in [-0.3, -0.25) is 4.79 Å². The molecule has 0 unspecified atom stereocenters. The molecule has 0 amide bonds. The summed E-state index contributed by atoms with van der Waals surface area (Å²) in [4.78, 5) is 27.7. The number of ether oxygens (including phenoxy) is 3. The van der Waals surface area contributed by atoms with E-state index in [1.54, 1.807) is 0 Å². The number of fused-ring (bicyclic) bond motifs is 1. The number of rotatable bonds is 5. The molecule has 1 N–H and O–H groups in total. The summed E-state index contributed by atoms with van der Waals surface area (Å²) in [5.41, 5.74) is -0.0717. The molecule has 0 spiro atoms. The fourth-order valence-electron chi connectivity index (χ4n) is 3.47. The highest BCUT2D eigenvalue weighted by molar-refractivity contribution is 7.89. The SMILES string of the molecule is COc1cc(C#N)ccc1OC(=O)c1cc(=O)[nH]c2ccc(S(=O)(=O)N3CCOCC3)cc12. The number of morpholine rings is 1. The third kappa shape index (κ3) is 4.45. The molecular formula is C22H19N3O7S. The van der Waals surface area contributed by atoms with Gasteiger partial charge in [-0.15, -0.1) is 0 Å². The van der Waals surface area contributed by atoms with Crippen molar-refractivity contribution in [2.45, 2.75) is 4.90 Å².